The normalized spacial score (nSPS) is 10.5. The van der Waals surface area contributed by atoms with Gasteiger partial charge in [-0.2, -0.15) is 0 Å². The highest BCUT2D eigenvalue weighted by molar-refractivity contribution is 9.10. The molecule has 16 heteroatoms. The summed E-state index contributed by atoms with van der Waals surface area (Å²) in [5, 5.41) is 33.6. The molecule has 0 fully saturated rings. The second-order valence-corrected chi connectivity index (χ2v) is 10.9. The maximum atomic E-state index is 12.3. The zero-order valence-electron chi connectivity index (χ0n) is 23.2. The van der Waals surface area contributed by atoms with Crippen molar-refractivity contribution in [3.8, 4) is 17.2 Å². The van der Waals surface area contributed by atoms with Gasteiger partial charge in [-0.05, 0) is 48.8 Å². The SMILES string of the molecule is CC(C)(C)OC(=O)c1cc([N+](=O)[O-])c(OCCOc2ccccc2[N+](=O)[O-])cc1Br.O=[N+]([O-])c1ccccc1OCCBr. The van der Waals surface area contributed by atoms with Crippen LogP contribution in [-0.4, -0.2) is 51.5 Å². The molecule has 0 bridgehead atoms. The lowest BCUT2D eigenvalue weighted by Crippen LogP contribution is -2.24. The molecule has 3 aromatic rings. The van der Waals surface area contributed by atoms with Crippen molar-refractivity contribution in [1.29, 1.82) is 0 Å². The first kappa shape index (κ1) is 34.9. The minimum absolute atomic E-state index is 0.00319. The van der Waals surface area contributed by atoms with Gasteiger partial charge in [0.1, 0.15) is 18.8 Å². The van der Waals surface area contributed by atoms with Gasteiger partial charge in [-0.1, -0.05) is 40.2 Å². The topological polar surface area (TPSA) is 183 Å². The van der Waals surface area contributed by atoms with Crippen molar-refractivity contribution in [2.24, 2.45) is 0 Å². The Morgan fingerprint density at radius 1 is 0.721 bits per heavy atom. The molecule has 0 amide bonds. The van der Waals surface area contributed by atoms with Gasteiger partial charge in [0.15, 0.2) is 17.2 Å². The van der Waals surface area contributed by atoms with Crippen molar-refractivity contribution in [2.75, 3.05) is 25.2 Å². The number of hydrogen-bond acceptors (Lipinski definition) is 11. The molecule has 0 saturated carbocycles. The van der Waals surface area contributed by atoms with E-state index < -0.39 is 32.0 Å². The van der Waals surface area contributed by atoms with E-state index in [1.807, 2.05) is 0 Å². The number of para-hydroxylation sites is 4. The van der Waals surface area contributed by atoms with Crippen molar-refractivity contribution in [1.82, 2.24) is 0 Å². The summed E-state index contributed by atoms with van der Waals surface area (Å²) >= 11 is 6.37. The summed E-state index contributed by atoms with van der Waals surface area (Å²) in [7, 11) is 0. The second-order valence-electron chi connectivity index (χ2n) is 9.24. The molecule has 0 aliphatic rings. The number of carbonyl (C=O) groups excluding carboxylic acids is 1. The van der Waals surface area contributed by atoms with Crippen molar-refractivity contribution >= 4 is 54.9 Å². The number of alkyl halides is 1. The molecule has 43 heavy (non-hydrogen) atoms. The lowest BCUT2D eigenvalue weighted by molar-refractivity contribution is -0.386. The largest absolute Gasteiger partial charge is 0.486 e. The van der Waals surface area contributed by atoms with E-state index in [9.17, 15) is 35.1 Å². The van der Waals surface area contributed by atoms with E-state index in [1.54, 1.807) is 45.0 Å². The Bertz CT molecular complexity index is 1460. The number of nitro benzene ring substituents is 3. The molecule has 230 valence electrons. The first-order valence-corrected chi connectivity index (χ1v) is 14.3. The predicted molar refractivity (Wildman–Crippen MR) is 162 cm³/mol. The number of hydrogen-bond donors (Lipinski definition) is 0. The Morgan fingerprint density at radius 3 is 1.60 bits per heavy atom. The first-order valence-electron chi connectivity index (χ1n) is 12.4. The number of rotatable bonds is 12. The smallest absolute Gasteiger partial charge is 0.340 e. The molecular weight excluding hydrogens is 702 g/mol. The average molecular weight is 729 g/mol. The number of ether oxygens (including phenoxy) is 4. The van der Waals surface area contributed by atoms with Gasteiger partial charge in [-0.3, -0.25) is 30.3 Å². The lowest BCUT2D eigenvalue weighted by atomic mass is 10.1. The molecule has 0 N–H and O–H groups in total. The minimum atomic E-state index is -0.766. The van der Waals surface area contributed by atoms with Gasteiger partial charge in [0.05, 0.1) is 26.9 Å². The van der Waals surface area contributed by atoms with Gasteiger partial charge >= 0.3 is 23.0 Å². The zero-order chi connectivity index (χ0) is 32.2. The van der Waals surface area contributed by atoms with Gasteiger partial charge in [-0.15, -0.1) is 0 Å². The van der Waals surface area contributed by atoms with E-state index in [0.717, 1.165) is 6.07 Å². The summed E-state index contributed by atoms with van der Waals surface area (Å²) in [5.41, 5.74) is -1.40. The number of esters is 1. The fourth-order valence-corrected chi connectivity index (χ4v) is 3.85. The summed E-state index contributed by atoms with van der Waals surface area (Å²) in [6.07, 6.45) is 0. The average Bonchev–Trinajstić information content (AvgIpc) is 2.93. The molecule has 0 unspecified atom stereocenters. The third-order valence-electron chi connectivity index (χ3n) is 4.92. The Kier molecular flexibility index (Phi) is 13.3. The van der Waals surface area contributed by atoms with Crippen LogP contribution in [0, 0.1) is 30.3 Å². The molecule has 0 atom stereocenters. The van der Waals surface area contributed by atoms with Crippen molar-refractivity contribution in [3.63, 3.8) is 0 Å². The Morgan fingerprint density at radius 2 is 1.16 bits per heavy atom. The second kappa shape index (κ2) is 16.4. The molecule has 0 radical (unpaired) electrons. The van der Waals surface area contributed by atoms with Crippen LogP contribution in [0.4, 0.5) is 17.1 Å². The fourth-order valence-electron chi connectivity index (χ4n) is 3.20. The molecule has 0 aliphatic heterocycles. The molecule has 14 nitrogen and oxygen atoms in total. The summed E-state index contributed by atoms with van der Waals surface area (Å²) in [4.78, 5) is 43.5. The molecule has 0 aromatic heterocycles. The van der Waals surface area contributed by atoms with E-state index in [1.165, 1.54) is 30.3 Å². The number of carbonyl (C=O) groups is 1. The van der Waals surface area contributed by atoms with E-state index in [4.69, 9.17) is 18.9 Å². The maximum Gasteiger partial charge on any atom is 0.340 e. The van der Waals surface area contributed by atoms with Crippen LogP contribution in [0.25, 0.3) is 0 Å². The highest BCUT2D eigenvalue weighted by Gasteiger charge is 2.26. The molecule has 0 aliphatic carbocycles. The van der Waals surface area contributed by atoms with Crippen LogP contribution in [0.15, 0.2) is 65.1 Å². The monoisotopic (exact) mass is 727 g/mol. The third kappa shape index (κ3) is 11.1. The Labute approximate surface area is 262 Å². The highest BCUT2D eigenvalue weighted by atomic mass is 79.9. The third-order valence-corrected chi connectivity index (χ3v) is 5.90. The summed E-state index contributed by atoms with van der Waals surface area (Å²) in [6.45, 7) is 5.26. The summed E-state index contributed by atoms with van der Waals surface area (Å²) < 4.78 is 21.4. The van der Waals surface area contributed by atoms with Gasteiger partial charge in [0.25, 0.3) is 0 Å². The van der Waals surface area contributed by atoms with Crippen LogP contribution >= 0.6 is 31.9 Å². The van der Waals surface area contributed by atoms with Gasteiger partial charge in [-0.25, -0.2) is 4.79 Å². The zero-order valence-corrected chi connectivity index (χ0v) is 26.4. The van der Waals surface area contributed by atoms with E-state index in [2.05, 4.69) is 31.9 Å². The lowest BCUT2D eigenvalue weighted by Gasteiger charge is -2.20. The summed E-state index contributed by atoms with van der Waals surface area (Å²) in [6, 6.07) is 14.5. The number of nitro groups is 3. The number of halogens is 2. The molecule has 3 aromatic carbocycles. The molecule has 0 spiro atoms. The van der Waals surface area contributed by atoms with Crippen molar-refractivity contribution < 1.29 is 38.5 Å². The maximum absolute atomic E-state index is 12.3. The Hall–Kier alpha value is -4.31. The van der Waals surface area contributed by atoms with Gasteiger partial charge < -0.3 is 18.9 Å². The van der Waals surface area contributed by atoms with E-state index in [-0.39, 0.29) is 46.1 Å². The highest BCUT2D eigenvalue weighted by Crippen LogP contribution is 2.34. The van der Waals surface area contributed by atoms with Gasteiger partial charge in [0.2, 0.25) is 0 Å². The minimum Gasteiger partial charge on any atom is -0.486 e. The van der Waals surface area contributed by atoms with Crippen LogP contribution < -0.4 is 14.2 Å². The molecule has 0 heterocycles. The van der Waals surface area contributed by atoms with Crippen molar-refractivity contribution in [2.45, 2.75) is 26.4 Å². The molecular formula is C27H27Br2N3O11. The molecule has 0 saturated heterocycles. The van der Waals surface area contributed by atoms with Crippen LogP contribution in [0.1, 0.15) is 31.1 Å². The number of benzene rings is 3. The fraction of sp³-hybridized carbons (Fsp3) is 0.296. The van der Waals surface area contributed by atoms with Crippen LogP contribution in [-0.2, 0) is 4.74 Å². The van der Waals surface area contributed by atoms with Crippen LogP contribution in [0.3, 0.4) is 0 Å². The van der Waals surface area contributed by atoms with Crippen molar-refractivity contribution in [3.05, 3.63) is 101 Å². The molecule has 3 rings (SSSR count). The van der Waals surface area contributed by atoms with E-state index >= 15 is 0 Å². The number of nitrogens with zero attached hydrogens (tertiary/aromatic N) is 3. The first-order chi connectivity index (χ1) is 20.2. The summed E-state index contributed by atoms with van der Waals surface area (Å²) in [5.74, 6) is -0.442. The van der Waals surface area contributed by atoms with Crippen LogP contribution in [0.5, 0.6) is 17.2 Å². The van der Waals surface area contributed by atoms with Crippen LogP contribution in [0.2, 0.25) is 0 Å². The quantitative estimate of drug-likeness (QED) is 0.0612. The Balaban J connectivity index is 0.000000413. The predicted octanol–water partition coefficient (Wildman–Crippen LogP) is 7.05. The van der Waals surface area contributed by atoms with E-state index in [0.29, 0.717) is 17.7 Å². The van der Waals surface area contributed by atoms with Gasteiger partial charge in [0, 0.05) is 34.1 Å². The standard InChI is InChI=1S/C19H19BrN2O8.C8H8BrNO3/c1-19(2,3)30-18(23)12-10-15(22(26)27)17(11-13(12)20)29-9-8-28-16-7-5-4-6-14(16)21(24)25;9-5-6-13-8-4-2-1-3-7(8)10(11)12/h4-7,10-11H,8-9H2,1-3H3;1-4H,5-6H2.